The van der Waals surface area contributed by atoms with Crippen molar-refractivity contribution < 1.29 is 4.79 Å². The Kier molecular flexibility index (Phi) is 5.59. The fourth-order valence-electron chi connectivity index (χ4n) is 4.00. The zero-order valence-electron chi connectivity index (χ0n) is 15.3. The number of aromatic amines is 1. The summed E-state index contributed by atoms with van der Waals surface area (Å²) in [5.41, 5.74) is 1.15. The van der Waals surface area contributed by atoms with E-state index in [1.165, 1.54) is 32.4 Å². The highest BCUT2D eigenvalue weighted by Gasteiger charge is 2.30. The van der Waals surface area contributed by atoms with Gasteiger partial charge in [-0.05, 0) is 63.0 Å². The molecule has 1 amide bonds. The first-order chi connectivity index (χ1) is 13.2. The van der Waals surface area contributed by atoms with Crippen molar-refractivity contribution in [1.29, 1.82) is 0 Å². The van der Waals surface area contributed by atoms with Gasteiger partial charge in [0.25, 0.3) is 5.91 Å². The zero-order valence-corrected chi connectivity index (χ0v) is 16.1. The van der Waals surface area contributed by atoms with Gasteiger partial charge >= 0.3 is 0 Å². The normalized spacial score (nSPS) is 19.2. The number of likely N-dealkylation sites (tertiary alicyclic amines) is 2. The van der Waals surface area contributed by atoms with Gasteiger partial charge in [-0.15, -0.1) is 10.2 Å². The Bertz CT molecular complexity index is 763. The summed E-state index contributed by atoms with van der Waals surface area (Å²) in [4.78, 5) is 17.4. The molecule has 0 spiro atoms. The second-order valence-corrected chi connectivity index (χ2v) is 7.71. The first kappa shape index (κ1) is 18.3. The summed E-state index contributed by atoms with van der Waals surface area (Å²) in [6, 6.07) is 7.87. The molecule has 8 heteroatoms. The average molecular weight is 389 g/mol. The lowest BCUT2D eigenvalue weighted by Gasteiger charge is -2.40. The molecular formula is C19H25ClN6O. The van der Waals surface area contributed by atoms with Crippen LogP contribution < -0.4 is 5.32 Å². The predicted octanol–water partition coefficient (Wildman–Crippen LogP) is 3.29. The van der Waals surface area contributed by atoms with E-state index in [0.717, 1.165) is 31.6 Å². The Balaban J connectivity index is 1.37. The van der Waals surface area contributed by atoms with Crippen molar-refractivity contribution in [2.24, 2.45) is 0 Å². The number of anilines is 2. The van der Waals surface area contributed by atoms with Crippen molar-refractivity contribution in [2.45, 2.75) is 38.1 Å². The van der Waals surface area contributed by atoms with E-state index in [9.17, 15) is 4.79 Å². The van der Waals surface area contributed by atoms with Gasteiger partial charge in [0.1, 0.15) is 0 Å². The maximum atomic E-state index is 12.9. The third kappa shape index (κ3) is 4.25. The summed E-state index contributed by atoms with van der Waals surface area (Å²) in [5, 5.41) is 14.6. The first-order valence-corrected chi connectivity index (χ1v) is 10.1. The lowest BCUT2D eigenvalue weighted by atomic mass is 9.99. The van der Waals surface area contributed by atoms with Gasteiger partial charge in [0.15, 0.2) is 11.5 Å². The molecule has 27 heavy (non-hydrogen) atoms. The van der Waals surface area contributed by atoms with E-state index in [-0.39, 0.29) is 5.91 Å². The summed E-state index contributed by atoms with van der Waals surface area (Å²) >= 11 is 5.92. The molecule has 2 N–H and O–H groups in total. The summed E-state index contributed by atoms with van der Waals surface area (Å²) in [6.45, 7) is 3.95. The van der Waals surface area contributed by atoms with Crippen molar-refractivity contribution in [3.05, 3.63) is 35.0 Å². The van der Waals surface area contributed by atoms with Crippen molar-refractivity contribution in [3.8, 4) is 0 Å². The Morgan fingerprint density at radius 2 is 1.74 bits per heavy atom. The monoisotopic (exact) mass is 388 g/mol. The highest BCUT2D eigenvalue weighted by Crippen LogP contribution is 2.24. The molecule has 0 unspecified atom stereocenters. The third-order valence-electron chi connectivity index (χ3n) is 5.52. The van der Waals surface area contributed by atoms with Crippen LogP contribution in [0.5, 0.6) is 0 Å². The van der Waals surface area contributed by atoms with Crippen LogP contribution in [0.4, 0.5) is 11.5 Å². The Morgan fingerprint density at radius 1 is 1.04 bits per heavy atom. The first-order valence-electron chi connectivity index (χ1n) is 9.67. The van der Waals surface area contributed by atoms with Gasteiger partial charge in [-0.3, -0.25) is 4.79 Å². The second kappa shape index (κ2) is 8.27. The molecule has 0 radical (unpaired) electrons. The SMILES string of the molecule is O=C(c1n[nH]nc1Nc1ccc(Cl)cc1)N1CCC(N2CCCCC2)CC1. The molecule has 0 bridgehead atoms. The van der Waals surface area contributed by atoms with Crippen LogP contribution in [0, 0.1) is 0 Å². The van der Waals surface area contributed by atoms with Crippen LogP contribution in [0.25, 0.3) is 0 Å². The molecule has 0 atom stereocenters. The highest BCUT2D eigenvalue weighted by molar-refractivity contribution is 6.30. The van der Waals surface area contributed by atoms with Crippen LogP contribution in [-0.2, 0) is 0 Å². The van der Waals surface area contributed by atoms with Crippen LogP contribution in [0.3, 0.4) is 0 Å². The lowest BCUT2D eigenvalue weighted by Crippen LogP contribution is -2.48. The molecule has 7 nitrogen and oxygen atoms in total. The number of H-pyrrole nitrogens is 1. The molecule has 2 aromatic rings. The molecule has 2 fully saturated rings. The van der Waals surface area contributed by atoms with Crippen molar-refractivity contribution in [2.75, 3.05) is 31.5 Å². The largest absolute Gasteiger partial charge is 0.337 e. The number of piperidine rings is 2. The molecule has 0 saturated carbocycles. The van der Waals surface area contributed by atoms with E-state index in [1.54, 1.807) is 12.1 Å². The lowest BCUT2D eigenvalue weighted by molar-refractivity contribution is 0.0585. The van der Waals surface area contributed by atoms with Crippen molar-refractivity contribution in [3.63, 3.8) is 0 Å². The van der Waals surface area contributed by atoms with Gasteiger partial charge in [0.2, 0.25) is 0 Å². The van der Waals surface area contributed by atoms with Gasteiger partial charge in [-0.1, -0.05) is 18.0 Å². The highest BCUT2D eigenvalue weighted by atomic mass is 35.5. The molecule has 2 aliphatic rings. The van der Waals surface area contributed by atoms with Crippen LogP contribution in [0.1, 0.15) is 42.6 Å². The number of nitrogens with zero attached hydrogens (tertiary/aromatic N) is 4. The number of rotatable bonds is 4. The van der Waals surface area contributed by atoms with E-state index in [4.69, 9.17) is 11.6 Å². The summed E-state index contributed by atoms with van der Waals surface area (Å²) in [6.07, 6.45) is 6.02. The molecule has 0 aliphatic carbocycles. The number of hydrogen-bond donors (Lipinski definition) is 2. The Morgan fingerprint density at radius 3 is 2.44 bits per heavy atom. The van der Waals surface area contributed by atoms with E-state index >= 15 is 0 Å². The second-order valence-electron chi connectivity index (χ2n) is 7.27. The van der Waals surface area contributed by atoms with Crippen LogP contribution in [0.2, 0.25) is 5.02 Å². The number of halogens is 1. The fourth-order valence-corrected chi connectivity index (χ4v) is 4.13. The van der Waals surface area contributed by atoms with Crippen LogP contribution in [0.15, 0.2) is 24.3 Å². The number of carbonyl (C=O) groups is 1. The number of nitrogens with one attached hydrogen (secondary N) is 2. The van der Waals surface area contributed by atoms with E-state index in [2.05, 4.69) is 25.6 Å². The summed E-state index contributed by atoms with van der Waals surface area (Å²) in [5.74, 6) is 0.373. The smallest absolute Gasteiger partial charge is 0.278 e. The topological polar surface area (TPSA) is 77.1 Å². The standard InChI is InChI=1S/C19H25ClN6O/c20-14-4-6-15(7-5-14)21-18-17(22-24-23-18)19(27)26-12-8-16(9-13-26)25-10-2-1-3-11-25/h4-7,16H,1-3,8-13H2,(H2,21,22,23,24). The van der Waals surface area contributed by atoms with Crippen molar-refractivity contribution >= 4 is 29.0 Å². The van der Waals surface area contributed by atoms with Crippen LogP contribution >= 0.6 is 11.6 Å². The number of aromatic nitrogens is 3. The average Bonchev–Trinajstić information content (AvgIpc) is 3.18. The van der Waals surface area contributed by atoms with Crippen LogP contribution in [-0.4, -0.2) is 63.3 Å². The predicted molar refractivity (Wildman–Crippen MR) is 105 cm³/mol. The minimum Gasteiger partial charge on any atom is -0.337 e. The molecular weight excluding hydrogens is 364 g/mol. The third-order valence-corrected chi connectivity index (χ3v) is 5.77. The fraction of sp³-hybridized carbons (Fsp3) is 0.526. The maximum absolute atomic E-state index is 12.9. The van der Waals surface area contributed by atoms with E-state index in [1.807, 2.05) is 17.0 Å². The molecule has 1 aromatic heterocycles. The summed E-state index contributed by atoms with van der Waals surface area (Å²) in [7, 11) is 0. The number of carbonyl (C=O) groups excluding carboxylic acids is 1. The number of hydrogen-bond acceptors (Lipinski definition) is 5. The quantitative estimate of drug-likeness (QED) is 0.840. The minimum atomic E-state index is -0.0719. The maximum Gasteiger partial charge on any atom is 0.278 e. The van der Waals surface area contributed by atoms with Gasteiger partial charge in [0.05, 0.1) is 0 Å². The van der Waals surface area contributed by atoms with Gasteiger partial charge in [-0.2, -0.15) is 5.21 Å². The molecule has 1 aromatic carbocycles. The number of amides is 1. The van der Waals surface area contributed by atoms with Gasteiger partial charge < -0.3 is 15.1 Å². The minimum absolute atomic E-state index is 0.0719. The Hall–Kier alpha value is -2.12. The van der Waals surface area contributed by atoms with E-state index in [0.29, 0.717) is 22.6 Å². The molecule has 4 rings (SSSR count). The van der Waals surface area contributed by atoms with Gasteiger partial charge in [0, 0.05) is 29.8 Å². The van der Waals surface area contributed by atoms with E-state index < -0.39 is 0 Å². The summed E-state index contributed by atoms with van der Waals surface area (Å²) < 4.78 is 0. The molecule has 3 heterocycles. The Labute approximate surface area is 164 Å². The molecule has 2 saturated heterocycles. The van der Waals surface area contributed by atoms with Crippen molar-refractivity contribution in [1.82, 2.24) is 25.2 Å². The molecule has 144 valence electrons. The molecule has 2 aliphatic heterocycles. The number of benzene rings is 1. The zero-order chi connectivity index (χ0) is 18.6. The van der Waals surface area contributed by atoms with Gasteiger partial charge in [-0.25, -0.2) is 0 Å².